The van der Waals surface area contributed by atoms with E-state index in [0.717, 1.165) is 27.1 Å². The van der Waals surface area contributed by atoms with Gasteiger partial charge in [-0.3, -0.25) is 4.79 Å². The molecule has 0 spiro atoms. The van der Waals surface area contributed by atoms with Crippen molar-refractivity contribution >= 4 is 33.2 Å². The first-order valence-corrected chi connectivity index (χ1v) is 8.68. The van der Waals surface area contributed by atoms with Gasteiger partial charge in [-0.25, -0.2) is 5.43 Å². The standard InChI is InChI=1S/C23H18N2O2/c1-15(24-25-23(27)20-12-6-7-13-21(20)26)22-18-10-4-2-8-16(18)14-17-9-3-5-11-19(17)22/h2-14,26H,1H3,(H,25,27)/b24-15+. The highest BCUT2D eigenvalue weighted by molar-refractivity contribution is 6.20. The van der Waals surface area contributed by atoms with Crippen LogP contribution in [0.1, 0.15) is 22.8 Å². The molecular formula is C23H18N2O2. The highest BCUT2D eigenvalue weighted by atomic mass is 16.3. The topological polar surface area (TPSA) is 61.7 Å². The number of aromatic hydroxyl groups is 1. The van der Waals surface area contributed by atoms with Crippen molar-refractivity contribution in [3.05, 3.63) is 90.0 Å². The van der Waals surface area contributed by atoms with Crippen LogP contribution in [-0.2, 0) is 0 Å². The maximum atomic E-state index is 12.4. The van der Waals surface area contributed by atoms with Crippen LogP contribution in [0.15, 0.2) is 84.0 Å². The van der Waals surface area contributed by atoms with Crippen molar-refractivity contribution in [1.82, 2.24) is 5.43 Å². The normalized spacial score (nSPS) is 11.7. The lowest BCUT2D eigenvalue weighted by Crippen LogP contribution is -2.19. The Kier molecular flexibility index (Phi) is 4.30. The number of rotatable bonds is 3. The summed E-state index contributed by atoms with van der Waals surface area (Å²) in [6.45, 7) is 1.87. The Morgan fingerprint density at radius 1 is 0.852 bits per heavy atom. The third-order valence-electron chi connectivity index (χ3n) is 4.61. The van der Waals surface area contributed by atoms with Gasteiger partial charge in [0, 0.05) is 5.56 Å². The van der Waals surface area contributed by atoms with Gasteiger partial charge in [-0.15, -0.1) is 0 Å². The minimum atomic E-state index is -0.447. The molecule has 0 fully saturated rings. The largest absolute Gasteiger partial charge is 0.507 e. The molecule has 4 aromatic carbocycles. The number of para-hydroxylation sites is 1. The molecule has 0 aliphatic heterocycles. The van der Waals surface area contributed by atoms with Gasteiger partial charge < -0.3 is 5.11 Å². The molecule has 0 saturated carbocycles. The number of carbonyl (C=O) groups is 1. The maximum absolute atomic E-state index is 12.4. The number of hydrogen-bond donors (Lipinski definition) is 2. The van der Waals surface area contributed by atoms with E-state index in [0.29, 0.717) is 5.71 Å². The van der Waals surface area contributed by atoms with Crippen molar-refractivity contribution in [2.45, 2.75) is 6.92 Å². The molecule has 0 aliphatic rings. The zero-order valence-electron chi connectivity index (χ0n) is 14.8. The third kappa shape index (κ3) is 3.13. The summed E-state index contributed by atoms with van der Waals surface area (Å²) >= 11 is 0. The molecule has 0 aromatic heterocycles. The van der Waals surface area contributed by atoms with Crippen molar-refractivity contribution in [3.8, 4) is 5.75 Å². The SMILES string of the molecule is C/C(=N\NC(=O)c1ccccc1O)c1c2ccccc2cc2ccccc12. The Bertz CT molecular complexity index is 1140. The molecule has 0 unspecified atom stereocenters. The number of nitrogens with zero attached hydrogens (tertiary/aromatic N) is 1. The zero-order valence-corrected chi connectivity index (χ0v) is 14.8. The molecule has 0 saturated heterocycles. The summed E-state index contributed by atoms with van der Waals surface area (Å²) in [5, 5.41) is 18.5. The quantitative estimate of drug-likeness (QED) is 0.314. The van der Waals surface area contributed by atoms with E-state index in [1.807, 2.05) is 31.2 Å². The molecular weight excluding hydrogens is 336 g/mol. The number of nitrogens with one attached hydrogen (secondary N) is 1. The molecule has 0 aliphatic carbocycles. The number of phenolic OH excluding ortho intramolecular Hbond substituents is 1. The molecule has 2 N–H and O–H groups in total. The third-order valence-corrected chi connectivity index (χ3v) is 4.61. The van der Waals surface area contributed by atoms with Crippen molar-refractivity contribution < 1.29 is 9.90 Å². The lowest BCUT2D eigenvalue weighted by Gasteiger charge is -2.12. The molecule has 0 heterocycles. The van der Waals surface area contributed by atoms with Crippen LogP contribution in [0, 0.1) is 0 Å². The van der Waals surface area contributed by atoms with Gasteiger partial charge in [0.15, 0.2) is 0 Å². The molecule has 4 heteroatoms. The lowest BCUT2D eigenvalue weighted by molar-refractivity contribution is 0.0952. The van der Waals surface area contributed by atoms with Crippen LogP contribution < -0.4 is 5.43 Å². The van der Waals surface area contributed by atoms with E-state index < -0.39 is 5.91 Å². The van der Waals surface area contributed by atoms with Gasteiger partial charge in [-0.1, -0.05) is 60.7 Å². The van der Waals surface area contributed by atoms with E-state index >= 15 is 0 Å². The van der Waals surface area contributed by atoms with E-state index in [1.54, 1.807) is 18.2 Å². The van der Waals surface area contributed by atoms with Gasteiger partial charge in [0.2, 0.25) is 0 Å². The van der Waals surface area contributed by atoms with Gasteiger partial charge in [0.25, 0.3) is 5.91 Å². The molecule has 1 amide bonds. The second-order valence-corrected chi connectivity index (χ2v) is 6.35. The summed E-state index contributed by atoms with van der Waals surface area (Å²) in [5.41, 5.74) is 4.44. The van der Waals surface area contributed by atoms with Crippen LogP contribution in [-0.4, -0.2) is 16.7 Å². The second kappa shape index (κ2) is 6.92. The van der Waals surface area contributed by atoms with Crippen LogP contribution in [0.5, 0.6) is 5.75 Å². The van der Waals surface area contributed by atoms with Crippen LogP contribution >= 0.6 is 0 Å². The predicted octanol–water partition coefficient (Wildman–Crippen LogP) is 4.85. The summed E-state index contributed by atoms with van der Waals surface area (Å²) in [6, 6.07) is 24.8. The van der Waals surface area contributed by atoms with Gasteiger partial charge in [0.05, 0.1) is 11.3 Å². The first-order valence-electron chi connectivity index (χ1n) is 8.68. The fourth-order valence-corrected chi connectivity index (χ4v) is 3.32. The number of phenols is 1. The summed E-state index contributed by atoms with van der Waals surface area (Å²) in [7, 11) is 0. The number of carbonyl (C=O) groups excluding carboxylic acids is 1. The van der Waals surface area contributed by atoms with Crippen molar-refractivity contribution in [2.24, 2.45) is 5.10 Å². The molecule has 27 heavy (non-hydrogen) atoms. The van der Waals surface area contributed by atoms with E-state index in [4.69, 9.17) is 0 Å². The van der Waals surface area contributed by atoms with E-state index in [1.165, 1.54) is 6.07 Å². The first-order chi connectivity index (χ1) is 13.1. The van der Waals surface area contributed by atoms with Crippen LogP contribution in [0.25, 0.3) is 21.5 Å². The molecule has 4 nitrogen and oxygen atoms in total. The zero-order chi connectivity index (χ0) is 18.8. The summed E-state index contributed by atoms with van der Waals surface area (Å²) in [5.74, 6) is -0.518. The monoisotopic (exact) mass is 354 g/mol. The van der Waals surface area contributed by atoms with Crippen molar-refractivity contribution in [1.29, 1.82) is 0 Å². The van der Waals surface area contributed by atoms with Gasteiger partial charge in [-0.2, -0.15) is 5.10 Å². The Morgan fingerprint density at radius 3 is 2.04 bits per heavy atom. The number of benzene rings is 4. The average molecular weight is 354 g/mol. The summed E-state index contributed by atoms with van der Waals surface area (Å²) in [6.07, 6.45) is 0. The van der Waals surface area contributed by atoms with Crippen LogP contribution in [0.4, 0.5) is 0 Å². The van der Waals surface area contributed by atoms with E-state index in [2.05, 4.69) is 40.9 Å². The second-order valence-electron chi connectivity index (χ2n) is 6.35. The van der Waals surface area contributed by atoms with Crippen molar-refractivity contribution in [2.75, 3.05) is 0 Å². The predicted molar refractivity (Wildman–Crippen MR) is 109 cm³/mol. The van der Waals surface area contributed by atoms with E-state index in [-0.39, 0.29) is 11.3 Å². The van der Waals surface area contributed by atoms with E-state index in [9.17, 15) is 9.90 Å². The van der Waals surface area contributed by atoms with Crippen LogP contribution in [0.3, 0.4) is 0 Å². The molecule has 0 radical (unpaired) electrons. The number of hydrazone groups is 1. The minimum absolute atomic E-state index is 0.0709. The Hall–Kier alpha value is -3.66. The number of amides is 1. The smallest absolute Gasteiger partial charge is 0.275 e. The highest BCUT2D eigenvalue weighted by Gasteiger charge is 2.12. The molecule has 132 valence electrons. The fraction of sp³-hybridized carbons (Fsp3) is 0.0435. The molecule has 0 atom stereocenters. The summed E-state index contributed by atoms with van der Waals surface area (Å²) in [4.78, 5) is 12.4. The Labute approximate surface area is 156 Å². The minimum Gasteiger partial charge on any atom is -0.507 e. The lowest BCUT2D eigenvalue weighted by atomic mass is 9.94. The molecule has 4 aromatic rings. The van der Waals surface area contributed by atoms with Gasteiger partial charge in [0.1, 0.15) is 5.75 Å². The fourth-order valence-electron chi connectivity index (χ4n) is 3.32. The Balaban J connectivity index is 1.79. The average Bonchev–Trinajstić information content (AvgIpc) is 2.70. The highest BCUT2D eigenvalue weighted by Crippen LogP contribution is 2.29. The van der Waals surface area contributed by atoms with Crippen molar-refractivity contribution in [3.63, 3.8) is 0 Å². The number of fused-ring (bicyclic) bond motifs is 2. The van der Waals surface area contributed by atoms with Gasteiger partial charge >= 0.3 is 0 Å². The number of hydrogen-bond acceptors (Lipinski definition) is 3. The van der Waals surface area contributed by atoms with Crippen LogP contribution in [0.2, 0.25) is 0 Å². The maximum Gasteiger partial charge on any atom is 0.275 e. The molecule has 4 rings (SSSR count). The first kappa shape index (κ1) is 16.8. The van der Waals surface area contributed by atoms with Gasteiger partial charge in [-0.05, 0) is 46.7 Å². The summed E-state index contributed by atoms with van der Waals surface area (Å²) < 4.78 is 0. The molecule has 0 bridgehead atoms. The Morgan fingerprint density at radius 2 is 1.41 bits per heavy atom.